The molecule has 0 bridgehead atoms. The Morgan fingerprint density at radius 3 is 0.876 bits per heavy atom. The standard InChI is InChI=1S/C25H33N3OS.C23H29N3OS.C22H29N3O2S.C22H27N3OS/c26-23-8-4-5-9-24(23)27-25(29)20-10-12-21(13-11-20)30-22-14-16-28(17-15-22)18-19-6-2-1-3-7-19;1-23(12-13-23)16-26-14-10-19(11-15-26)28-18-8-6-17(7-9-18)22(27)25-21-5-3-2-4-20(21)24;1-22(2,27)15-25-13-11-18(12-14-25)28-17-9-7-16(8-10-17)21(26)24-20-6-4-3-5-19(20)23;23-20-3-1-2-4-21(20)24-22(26)17-7-9-18(10-8-17)27-19-11-13-25(14-12-19)15-16-5-6-16/h4-5,8-13,19,22H,1-3,6-7,14-18,26H2,(H,27,29);2-9,19H,10-16,24H2,1H3,(H,25,27);3-10,18,27H,11-15,23H2,1-2H3,(H,24,26);1-4,7-10,16,19H,5-6,11-15,23H2,(H,24,26). The van der Waals surface area contributed by atoms with Gasteiger partial charge in [0.15, 0.2) is 0 Å². The minimum atomic E-state index is -0.638. The molecule has 8 aromatic rings. The summed E-state index contributed by atoms with van der Waals surface area (Å²) in [6.45, 7) is 20.1. The van der Waals surface area contributed by atoms with Gasteiger partial charge in [0.1, 0.15) is 0 Å². The number of β-amino-alcohol motifs (C(OH)–C–C–N with tert-alkyl or cyclic N) is 1. The highest BCUT2D eigenvalue weighted by Gasteiger charge is 2.39. The number of nitrogens with one attached hydrogen (secondary N) is 4. The molecule has 0 unspecified atom stereocenters. The molecule has 13 N–H and O–H groups in total. The Morgan fingerprint density at radius 1 is 0.363 bits per heavy atom. The zero-order chi connectivity index (χ0) is 79.1. The van der Waals surface area contributed by atoms with Gasteiger partial charge in [-0.3, -0.25) is 19.2 Å². The zero-order valence-corrected chi connectivity index (χ0v) is 69.5. The summed E-state index contributed by atoms with van der Waals surface area (Å²) in [6, 6.07) is 60.8. The molecule has 21 heteroatoms. The summed E-state index contributed by atoms with van der Waals surface area (Å²) in [5.74, 6) is 1.39. The van der Waals surface area contributed by atoms with Crippen molar-refractivity contribution in [3.63, 3.8) is 0 Å². The first-order valence-electron chi connectivity index (χ1n) is 41.0. The largest absolute Gasteiger partial charge is 0.397 e. The number of nitrogen functional groups attached to an aromatic ring is 4. The number of likely N-dealkylation sites (tertiary alicyclic amines) is 4. The van der Waals surface area contributed by atoms with Gasteiger partial charge >= 0.3 is 0 Å². The maximum atomic E-state index is 12.5. The summed E-state index contributed by atoms with van der Waals surface area (Å²) in [5, 5.41) is 24.1. The Hall–Kier alpha value is -7.96. The fraction of sp³-hybridized carbons (Fsp3) is 0.435. The van der Waals surface area contributed by atoms with Crippen molar-refractivity contribution in [2.24, 2.45) is 17.3 Å². The van der Waals surface area contributed by atoms with Crippen LogP contribution in [0.2, 0.25) is 0 Å². The number of benzene rings is 8. The van der Waals surface area contributed by atoms with Gasteiger partial charge in [-0.1, -0.05) is 74.7 Å². The molecule has 8 aromatic carbocycles. The van der Waals surface area contributed by atoms with Crippen molar-refractivity contribution in [3.05, 3.63) is 216 Å². The van der Waals surface area contributed by atoms with Gasteiger partial charge in [-0.25, -0.2) is 0 Å². The molecule has 600 valence electrons. The van der Waals surface area contributed by atoms with Gasteiger partial charge < -0.3 is 68.9 Å². The molecule has 0 spiro atoms. The number of nitrogens with zero attached hydrogens (tertiary/aromatic N) is 4. The third-order valence-corrected chi connectivity index (χ3v) is 27.8. The maximum absolute atomic E-state index is 12.5. The molecule has 7 aliphatic rings. The van der Waals surface area contributed by atoms with Crippen molar-refractivity contribution >= 4 is 116 Å². The minimum Gasteiger partial charge on any atom is -0.397 e. The topological polar surface area (TPSA) is 254 Å². The lowest BCUT2D eigenvalue weighted by Crippen LogP contribution is -2.43. The Bertz CT molecular complexity index is 4200. The monoisotopic (exact) mass is 1600 g/mol. The van der Waals surface area contributed by atoms with Gasteiger partial charge in [0.05, 0.1) is 51.1 Å². The molecule has 0 radical (unpaired) electrons. The molecule has 7 fully saturated rings. The first-order chi connectivity index (χ1) is 54.6. The summed E-state index contributed by atoms with van der Waals surface area (Å²) in [6.07, 6.45) is 22.6. The van der Waals surface area contributed by atoms with Crippen molar-refractivity contribution in [2.45, 2.75) is 176 Å². The Morgan fingerprint density at radius 2 is 0.619 bits per heavy atom. The van der Waals surface area contributed by atoms with Crippen LogP contribution < -0.4 is 44.2 Å². The molecule has 3 aliphatic carbocycles. The normalized spacial score (nSPS) is 18.2. The number of amides is 4. The van der Waals surface area contributed by atoms with Crippen LogP contribution in [-0.4, -0.2) is 153 Å². The molecule has 4 amide bonds. The maximum Gasteiger partial charge on any atom is 0.255 e. The number of anilines is 8. The Balaban J connectivity index is 0.000000140. The van der Waals surface area contributed by atoms with E-state index in [1.165, 1.54) is 175 Å². The van der Waals surface area contributed by atoms with E-state index in [1.54, 1.807) is 30.3 Å². The second-order valence-corrected chi connectivity index (χ2v) is 38.3. The van der Waals surface area contributed by atoms with E-state index in [0.717, 1.165) is 44.3 Å². The van der Waals surface area contributed by atoms with Crippen LogP contribution in [0, 0.1) is 17.3 Å². The number of hydrogen-bond acceptors (Lipinski definition) is 17. The molecule has 3 saturated carbocycles. The molecule has 0 atom stereocenters. The molecule has 4 aliphatic heterocycles. The van der Waals surface area contributed by atoms with E-state index >= 15 is 0 Å². The first-order valence-corrected chi connectivity index (χ1v) is 44.5. The lowest BCUT2D eigenvalue weighted by Gasteiger charge is -2.35. The van der Waals surface area contributed by atoms with E-state index in [0.29, 0.717) is 94.2 Å². The second kappa shape index (κ2) is 41.6. The number of rotatable bonds is 24. The van der Waals surface area contributed by atoms with E-state index < -0.39 is 5.60 Å². The number of nitrogens with two attached hydrogens (primary N) is 4. The molecule has 4 saturated heterocycles. The van der Waals surface area contributed by atoms with E-state index in [4.69, 9.17) is 22.9 Å². The third-order valence-electron chi connectivity index (χ3n) is 22.4. The van der Waals surface area contributed by atoms with Crippen molar-refractivity contribution in [3.8, 4) is 0 Å². The van der Waals surface area contributed by atoms with Crippen LogP contribution in [-0.2, 0) is 0 Å². The fourth-order valence-corrected chi connectivity index (χ4v) is 19.9. The fourth-order valence-electron chi connectivity index (χ4n) is 15.4. The summed E-state index contributed by atoms with van der Waals surface area (Å²) in [4.78, 5) is 65.0. The van der Waals surface area contributed by atoms with Gasteiger partial charge in [0.2, 0.25) is 0 Å². The molecule has 4 heterocycles. The predicted molar refractivity (Wildman–Crippen MR) is 475 cm³/mol. The van der Waals surface area contributed by atoms with Gasteiger partial charge in [0.25, 0.3) is 23.6 Å². The number of para-hydroxylation sites is 8. The smallest absolute Gasteiger partial charge is 0.255 e. The lowest BCUT2D eigenvalue weighted by molar-refractivity contribution is 0.0307. The molecule has 113 heavy (non-hydrogen) atoms. The highest BCUT2D eigenvalue weighted by atomic mass is 32.2. The van der Waals surface area contributed by atoms with Gasteiger partial charge in [-0.05, 0) is 319 Å². The number of carbonyl (C=O) groups is 4. The summed E-state index contributed by atoms with van der Waals surface area (Å²) < 4.78 is 0. The lowest BCUT2D eigenvalue weighted by atomic mass is 9.88. The van der Waals surface area contributed by atoms with Crippen LogP contribution in [0.15, 0.2) is 214 Å². The highest BCUT2D eigenvalue weighted by molar-refractivity contribution is 8.00. The molecular formula is C92H118N12O5S4. The summed E-state index contributed by atoms with van der Waals surface area (Å²) in [7, 11) is 0. The Kier molecular flexibility index (Phi) is 31.1. The van der Waals surface area contributed by atoms with E-state index in [1.807, 2.05) is 188 Å². The number of thioether (sulfide) groups is 4. The number of piperidine rings is 4. The van der Waals surface area contributed by atoms with Crippen LogP contribution in [0.1, 0.15) is 171 Å². The first kappa shape index (κ1) is 84.4. The van der Waals surface area contributed by atoms with Crippen molar-refractivity contribution in [2.75, 3.05) is 123 Å². The van der Waals surface area contributed by atoms with Crippen molar-refractivity contribution in [1.29, 1.82) is 0 Å². The predicted octanol–water partition coefficient (Wildman–Crippen LogP) is 18.9. The molecule has 17 nitrogen and oxygen atoms in total. The average Bonchev–Trinajstić information content (AvgIpc) is 1.77. The highest BCUT2D eigenvalue weighted by Crippen LogP contribution is 2.46. The summed E-state index contributed by atoms with van der Waals surface area (Å²) >= 11 is 7.73. The molecular weight excluding hydrogens is 1480 g/mol. The second-order valence-electron chi connectivity index (χ2n) is 32.8. The third kappa shape index (κ3) is 27.6. The van der Waals surface area contributed by atoms with Crippen molar-refractivity contribution < 1.29 is 24.3 Å². The van der Waals surface area contributed by atoms with Gasteiger partial charge in [-0.15, -0.1) is 47.0 Å². The van der Waals surface area contributed by atoms with Crippen LogP contribution in [0.25, 0.3) is 0 Å². The SMILES string of the molecule is CC(C)(O)CN1CCC(Sc2ccc(C(=O)Nc3ccccc3N)cc2)CC1.CC1(CN2CCC(Sc3ccc(C(=O)Nc4ccccc4N)cc3)CC2)CC1.Nc1ccccc1NC(=O)c1ccc(SC2CCN(CC3CC3)CC2)cc1.Nc1ccccc1NC(=O)c1ccc(SC2CCN(CC3CCCCC3)CC2)cc1. The number of carbonyl (C=O) groups excluding carboxylic acids is 4. The molecule has 0 aromatic heterocycles. The minimum absolute atomic E-state index is 0.125. The van der Waals surface area contributed by atoms with Crippen LogP contribution in [0.3, 0.4) is 0 Å². The zero-order valence-electron chi connectivity index (χ0n) is 66.3. The Labute approximate surface area is 687 Å². The van der Waals surface area contributed by atoms with E-state index in [-0.39, 0.29) is 23.6 Å². The number of hydrogen-bond donors (Lipinski definition) is 9. The van der Waals surface area contributed by atoms with Crippen LogP contribution in [0.4, 0.5) is 45.5 Å². The van der Waals surface area contributed by atoms with Gasteiger partial charge in [-0.2, -0.15) is 0 Å². The van der Waals surface area contributed by atoms with Gasteiger partial charge in [0, 0.05) is 89.0 Å². The van der Waals surface area contributed by atoms with Crippen LogP contribution >= 0.6 is 47.0 Å². The van der Waals surface area contributed by atoms with Crippen LogP contribution in [0.5, 0.6) is 0 Å². The quantitative estimate of drug-likeness (QED) is 0.0255. The average molecular weight is 1600 g/mol. The van der Waals surface area contributed by atoms with E-state index in [9.17, 15) is 24.3 Å². The van der Waals surface area contributed by atoms with E-state index in [2.05, 4.69) is 84.2 Å². The number of aliphatic hydroxyl groups is 1. The van der Waals surface area contributed by atoms with Crippen molar-refractivity contribution in [1.82, 2.24) is 19.6 Å². The summed E-state index contributed by atoms with van der Waals surface area (Å²) in [5.41, 5.74) is 31.0. The molecule has 15 rings (SSSR count).